The zero-order valence-electron chi connectivity index (χ0n) is 11.7. The molecule has 1 N–H and O–H groups in total. The molecule has 1 atom stereocenters. The van der Waals surface area contributed by atoms with Gasteiger partial charge in [0.25, 0.3) is 0 Å². The minimum Gasteiger partial charge on any atom is -0.313 e. The number of nitrogens with zero attached hydrogens (tertiary/aromatic N) is 1. The maximum atomic E-state index is 12.6. The lowest BCUT2D eigenvalue weighted by molar-refractivity contribution is 0.0818. The van der Waals surface area contributed by atoms with Crippen LogP contribution in [-0.4, -0.2) is 43.4 Å². The fraction of sp³-hybridized carbons (Fsp3) is 0.533. The van der Waals surface area contributed by atoms with Crippen molar-refractivity contribution in [2.45, 2.75) is 26.8 Å². The van der Waals surface area contributed by atoms with Crippen molar-refractivity contribution in [2.24, 2.45) is 0 Å². The summed E-state index contributed by atoms with van der Waals surface area (Å²) in [6.45, 7) is 8.87. The zero-order chi connectivity index (χ0) is 13.3. The molecule has 0 aliphatic carbocycles. The highest BCUT2D eigenvalue weighted by molar-refractivity contribution is 6.01. The summed E-state index contributed by atoms with van der Waals surface area (Å²) in [5, 5.41) is 3.30. The van der Waals surface area contributed by atoms with Gasteiger partial charge in [0.15, 0.2) is 5.78 Å². The number of Topliss-reactive ketones (excluding diaryl/α,β-unsaturated/α-hetero) is 1. The predicted octanol–water partition coefficient (Wildman–Crippen LogP) is 1.70. The molecule has 0 saturated carbocycles. The highest BCUT2D eigenvalue weighted by Gasteiger charge is 2.27. The summed E-state index contributed by atoms with van der Waals surface area (Å²) in [5.41, 5.74) is 4.48. The van der Waals surface area contributed by atoms with Crippen LogP contribution in [0, 0.1) is 20.8 Å². The lowest BCUT2D eigenvalue weighted by Crippen LogP contribution is -2.53. The number of hydrogen-bond acceptors (Lipinski definition) is 3. The Hall–Kier alpha value is -1.19. The third kappa shape index (κ3) is 2.33. The Balaban J connectivity index is 2.31. The van der Waals surface area contributed by atoms with E-state index in [4.69, 9.17) is 0 Å². The predicted molar refractivity (Wildman–Crippen MR) is 74.3 cm³/mol. The standard InChI is InChI=1S/C15H22N2O/c1-10-5-6-13(12(3)11(10)2)15(18)14-9-16-7-8-17(14)4/h5-6,14,16H,7-9H2,1-4H3. The van der Waals surface area contributed by atoms with E-state index >= 15 is 0 Å². The summed E-state index contributed by atoms with van der Waals surface area (Å²) in [4.78, 5) is 14.8. The first-order valence-corrected chi connectivity index (χ1v) is 6.54. The van der Waals surface area contributed by atoms with E-state index in [1.165, 1.54) is 11.1 Å². The first-order valence-electron chi connectivity index (χ1n) is 6.54. The molecule has 1 saturated heterocycles. The molecule has 3 heteroatoms. The van der Waals surface area contributed by atoms with Crippen molar-refractivity contribution in [2.75, 3.05) is 26.7 Å². The minimum atomic E-state index is -0.0282. The number of nitrogens with one attached hydrogen (secondary N) is 1. The van der Waals surface area contributed by atoms with Crippen LogP contribution >= 0.6 is 0 Å². The van der Waals surface area contributed by atoms with Crippen molar-refractivity contribution in [3.63, 3.8) is 0 Å². The highest BCUT2D eigenvalue weighted by Crippen LogP contribution is 2.20. The molecular weight excluding hydrogens is 224 g/mol. The van der Waals surface area contributed by atoms with Gasteiger partial charge in [-0.2, -0.15) is 0 Å². The van der Waals surface area contributed by atoms with E-state index < -0.39 is 0 Å². The number of hydrogen-bond donors (Lipinski definition) is 1. The van der Waals surface area contributed by atoms with Crippen LogP contribution in [0.3, 0.4) is 0 Å². The van der Waals surface area contributed by atoms with E-state index in [2.05, 4.69) is 24.1 Å². The van der Waals surface area contributed by atoms with Gasteiger partial charge in [-0.25, -0.2) is 0 Å². The van der Waals surface area contributed by atoms with Crippen LogP contribution in [0.2, 0.25) is 0 Å². The molecule has 0 radical (unpaired) electrons. The smallest absolute Gasteiger partial charge is 0.181 e. The Labute approximate surface area is 109 Å². The summed E-state index contributed by atoms with van der Waals surface area (Å²) in [6, 6.07) is 3.99. The Bertz CT molecular complexity index is 468. The molecule has 1 aromatic rings. The Morgan fingerprint density at radius 3 is 2.67 bits per heavy atom. The van der Waals surface area contributed by atoms with Gasteiger partial charge in [0, 0.05) is 25.2 Å². The van der Waals surface area contributed by atoms with Gasteiger partial charge in [-0.05, 0) is 44.5 Å². The highest BCUT2D eigenvalue weighted by atomic mass is 16.1. The first-order chi connectivity index (χ1) is 8.52. The van der Waals surface area contributed by atoms with Gasteiger partial charge in [0.1, 0.15) is 0 Å². The second-order valence-electron chi connectivity index (χ2n) is 5.24. The molecule has 1 unspecified atom stereocenters. The van der Waals surface area contributed by atoms with Gasteiger partial charge in [-0.3, -0.25) is 9.69 Å². The van der Waals surface area contributed by atoms with Crippen molar-refractivity contribution in [1.82, 2.24) is 10.2 Å². The van der Waals surface area contributed by atoms with Crippen LogP contribution in [0.4, 0.5) is 0 Å². The Morgan fingerprint density at radius 1 is 1.28 bits per heavy atom. The average molecular weight is 246 g/mol. The molecule has 18 heavy (non-hydrogen) atoms. The number of carbonyl (C=O) groups is 1. The SMILES string of the molecule is Cc1ccc(C(=O)C2CNCCN2C)c(C)c1C. The molecule has 0 aromatic heterocycles. The fourth-order valence-corrected chi connectivity index (χ4v) is 2.50. The molecule has 1 heterocycles. The van der Waals surface area contributed by atoms with Crippen molar-refractivity contribution >= 4 is 5.78 Å². The monoisotopic (exact) mass is 246 g/mol. The van der Waals surface area contributed by atoms with Crippen molar-refractivity contribution in [1.29, 1.82) is 0 Å². The molecular formula is C15H22N2O. The Kier molecular flexibility index (Phi) is 3.83. The molecule has 98 valence electrons. The van der Waals surface area contributed by atoms with Crippen LogP contribution < -0.4 is 5.32 Å². The van der Waals surface area contributed by atoms with Crippen LogP contribution in [0.5, 0.6) is 0 Å². The Morgan fingerprint density at radius 2 is 2.00 bits per heavy atom. The first kappa shape index (κ1) is 13.2. The third-order valence-electron chi connectivity index (χ3n) is 4.14. The van der Waals surface area contributed by atoms with Crippen molar-refractivity contribution in [3.8, 4) is 0 Å². The van der Waals surface area contributed by atoms with E-state index in [1.807, 2.05) is 26.1 Å². The molecule has 2 rings (SSSR count). The van der Waals surface area contributed by atoms with Gasteiger partial charge in [0.2, 0.25) is 0 Å². The molecule has 0 bridgehead atoms. The van der Waals surface area contributed by atoms with Crippen LogP contribution in [0.1, 0.15) is 27.0 Å². The zero-order valence-corrected chi connectivity index (χ0v) is 11.7. The summed E-state index contributed by atoms with van der Waals surface area (Å²) in [6.07, 6.45) is 0. The lowest BCUT2D eigenvalue weighted by atomic mass is 9.93. The quantitative estimate of drug-likeness (QED) is 0.806. The number of rotatable bonds is 2. The molecule has 0 amide bonds. The largest absolute Gasteiger partial charge is 0.313 e. The summed E-state index contributed by atoms with van der Waals surface area (Å²) >= 11 is 0. The van der Waals surface area contributed by atoms with Crippen LogP contribution in [0.15, 0.2) is 12.1 Å². The van der Waals surface area contributed by atoms with E-state index in [1.54, 1.807) is 0 Å². The number of aryl methyl sites for hydroxylation is 1. The lowest BCUT2D eigenvalue weighted by Gasteiger charge is -2.32. The second kappa shape index (κ2) is 5.21. The molecule has 3 nitrogen and oxygen atoms in total. The number of piperazine rings is 1. The summed E-state index contributed by atoms with van der Waals surface area (Å²) in [5.74, 6) is 0.241. The van der Waals surface area contributed by atoms with E-state index in [0.717, 1.165) is 30.8 Å². The van der Waals surface area contributed by atoms with Gasteiger partial charge in [-0.1, -0.05) is 12.1 Å². The summed E-state index contributed by atoms with van der Waals surface area (Å²) < 4.78 is 0. The van der Waals surface area contributed by atoms with Gasteiger partial charge >= 0.3 is 0 Å². The maximum Gasteiger partial charge on any atom is 0.181 e. The molecule has 1 aliphatic heterocycles. The molecule has 1 aliphatic rings. The van der Waals surface area contributed by atoms with E-state index in [9.17, 15) is 4.79 Å². The van der Waals surface area contributed by atoms with Gasteiger partial charge in [-0.15, -0.1) is 0 Å². The average Bonchev–Trinajstić information content (AvgIpc) is 2.36. The van der Waals surface area contributed by atoms with Crippen molar-refractivity contribution in [3.05, 3.63) is 34.4 Å². The van der Waals surface area contributed by atoms with Crippen LogP contribution in [-0.2, 0) is 0 Å². The fourth-order valence-electron chi connectivity index (χ4n) is 2.50. The summed E-state index contributed by atoms with van der Waals surface area (Å²) in [7, 11) is 2.03. The number of benzene rings is 1. The van der Waals surface area contributed by atoms with Gasteiger partial charge in [0.05, 0.1) is 6.04 Å². The number of likely N-dealkylation sites (N-methyl/N-ethyl adjacent to an activating group) is 1. The topological polar surface area (TPSA) is 32.3 Å². The van der Waals surface area contributed by atoms with Crippen LogP contribution in [0.25, 0.3) is 0 Å². The van der Waals surface area contributed by atoms with Crippen molar-refractivity contribution < 1.29 is 4.79 Å². The van der Waals surface area contributed by atoms with E-state index in [0.29, 0.717) is 0 Å². The molecule has 0 spiro atoms. The minimum absolute atomic E-state index is 0.0282. The van der Waals surface area contributed by atoms with E-state index in [-0.39, 0.29) is 11.8 Å². The maximum absolute atomic E-state index is 12.6. The number of carbonyl (C=O) groups excluding carboxylic acids is 1. The van der Waals surface area contributed by atoms with Gasteiger partial charge < -0.3 is 5.32 Å². The number of ketones is 1. The molecule has 1 fully saturated rings. The molecule has 1 aromatic carbocycles. The second-order valence-corrected chi connectivity index (χ2v) is 5.24. The normalized spacial score (nSPS) is 21.0. The third-order valence-corrected chi connectivity index (χ3v) is 4.14.